The van der Waals surface area contributed by atoms with Gasteiger partial charge in [-0.1, -0.05) is 18.3 Å². The van der Waals surface area contributed by atoms with E-state index in [9.17, 15) is 4.79 Å². The minimum absolute atomic E-state index is 0.168. The quantitative estimate of drug-likeness (QED) is 0.799. The third-order valence-electron chi connectivity index (χ3n) is 3.04. The molecule has 1 amide bonds. The van der Waals surface area contributed by atoms with E-state index in [0.29, 0.717) is 12.1 Å². The number of nitrogens with zero attached hydrogens (tertiary/aromatic N) is 3. The smallest absolute Gasteiger partial charge is 0.254 e. The first-order valence-corrected chi connectivity index (χ1v) is 7.15. The number of aryl methyl sites for hydroxylation is 2. The molecule has 20 heavy (non-hydrogen) atoms. The SMILES string of the molecule is CCc1nn2c(CNC(=O)c3ccoc3)c(C)nc2s1. The van der Waals surface area contributed by atoms with Crippen LogP contribution >= 0.6 is 11.3 Å². The van der Waals surface area contributed by atoms with Crippen molar-refractivity contribution >= 4 is 22.2 Å². The number of carbonyl (C=O) groups excluding carboxylic acids is 1. The number of imidazole rings is 1. The molecule has 0 saturated carbocycles. The van der Waals surface area contributed by atoms with E-state index < -0.39 is 0 Å². The zero-order chi connectivity index (χ0) is 14.1. The topological polar surface area (TPSA) is 72.4 Å². The number of hydrogen-bond donors (Lipinski definition) is 1. The monoisotopic (exact) mass is 290 g/mol. The Balaban J connectivity index is 1.81. The number of rotatable bonds is 4. The van der Waals surface area contributed by atoms with Crippen LogP contribution < -0.4 is 5.32 Å². The Bertz CT molecular complexity index is 742. The second kappa shape index (κ2) is 5.09. The Morgan fingerprint density at radius 3 is 3.10 bits per heavy atom. The first kappa shape index (κ1) is 12.9. The van der Waals surface area contributed by atoms with E-state index in [1.165, 1.54) is 12.5 Å². The van der Waals surface area contributed by atoms with Crippen LogP contribution in [-0.4, -0.2) is 20.5 Å². The van der Waals surface area contributed by atoms with E-state index in [1.807, 2.05) is 11.4 Å². The van der Waals surface area contributed by atoms with Gasteiger partial charge in [-0.25, -0.2) is 9.50 Å². The zero-order valence-electron chi connectivity index (χ0n) is 11.2. The molecule has 3 aromatic rings. The van der Waals surface area contributed by atoms with Gasteiger partial charge in [-0.15, -0.1) is 0 Å². The first-order chi connectivity index (χ1) is 9.69. The Kier molecular flexibility index (Phi) is 3.27. The molecule has 0 bridgehead atoms. The van der Waals surface area contributed by atoms with Crippen molar-refractivity contribution in [3.63, 3.8) is 0 Å². The molecule has 0 fully saturated rings. The summed E-state index contributed by atoms with van der Waals surface area (Å²) in [5.74, 6) is -0.168. The molecule has 0 atom stereocenters. The first-order valence-electron chi connectivity index (χ1n) is 6.33. The zero-order valence-corrected chi connectivity index (χ0v) is 12.0. The van der Waals surface area contributed by atoms with Crippen molar-refractivity contribution in [1.29, 1.82) is 0 Å². The molecule has 0 aliphatic heterocycles. The Morgan fingerprint density at radius 2 is 2.40 bits per heavy atom. The Labute approximate surface area is 119 Å². The third kappa shape index (κ3) is 2.20. The molecule has 1 N–H and O–H groups in total. The lowest BCUT2D eigenvalue weighted by molar-refractivity contribution is 0.0949. The van der Waals surface area contributed by atoms with Crippen molar-refractivity contribution < 1.29 is 9.21 Å². The molecule has 0 aliphatic rings. The van der Waals surface area contributed by atoms with Gasteiger partial charge in [0.15, 0.2) is 0 Å². The number of aromatic nitrogens is 3. The van der Waals surface area contributed by atoms with Crippen molar-refractivity contribution in [2.75, 3.05) is 0 Å². The molecule has 3 rings (SSSR count). The highest BCUT2D eigenvalue weighted by Gasteiger charge is 2.14. The summed E-state index contributed by atoms with van der Waals surface area (Å²) in [6.45, 7) is 4.38. The van der Waals surface area contributed by atoms with Gasteiger partial charge in [0.05, 0.1) is 29.8 Å². The second-order valence-corrected chi connectivity index (χ2v) is 5.42. The van der Waals surface area contributed by atoms with Crippen LogP contribution in [0.15, 0.2) is 23.0 Å². The molecule has 6 nitrogen and oxygen atoms in total. The second-order valence-electron chi connectivity index (χ2n) is 4.38. The number of fused-ring (bicyclic) bond motifs is 1. The minimum Gasteiger partial charge on any atom is -0.472 e. The molecule has 3 aromatic heterocycles. The fraction of sp³-hybridized carbons (Fsp3) is 0.308. The van der Waals surface area contributed by atoms with Gasteiger partial charge in [0, 0.05) is 0 Å². The van der Waals surface area contributed by atoms with Gasteiger partial charge in [-0.2, -0.15) is 5.10 Å². The summed E-state index contributed by atoms with van der Waals surface area (Å²) in [6, 6.07) is 1.63. The van der Waals surface area contributed by atoms with E-state index in [2.05, 4.69) is 22.3 Å². The number of amides is 1. The molecular weight excluding hydrogens is 276 g/mol. The average molecular weight is 290 g/mol. The molecular formula is C13H14N4O2S. The maximum absolute atomic E-state index is 11.9. The maximum Gasteiger partial charge on any atom is 0.254 e. The number of furan rings is 1. The molecule has 0 unspecified atom stereocenters. The molecule has 0 aliphatic carbocycles. The summed E-state index contributed by atoms with van der Waals surface area (Å²) in [6.07, 6.45) is 3.78. The summed E-state index contributed by atoms with van der Waals surface area (Å²) >= 11 is 1.58. The summed E-state index contributed by atoms with van der Waals surface area (Å²) in [5.41, 5.74) is 2.31. The molecule has 0 radical (unpaired) electrons. The fourth-order valence-electron chi connectivity index (χ4n) is 1.94. The molecule has 0 spiro atoms. The van der Waals surface area contributed by atoms with Crippen LogP contribution in [0.4, 0.5) is 0 Å². The van der Waals surface area contributed by atoms with Crippen LogP contribution in [0, 0.1) is 6.92 Å². The van der Waals surface area contributed by atoms with Crippen molar-refractivity contribution in [2.24, 2.45) is 0 Å². The van der Waals surface area contributed by atoms with Crippen molar-refractivity contribution in [1.82, 2.24) is 19.9 Å². The van der Waals surface area contributed by atoms with Gasteiger partial charge >= 0.3 is 0 Å². The predicted octanol–water partition coefficient (Wildman–Crippen LogP) is 2.18. The summed E-state index contributed by atoms with van der Waals surface area (Å²) < 4.78 is 6.71. The minimum atomic E-state index is -0.168. The van der Waals surface area contributed by atoms with Crippen molar-refractivity contribution in [3.8, 4) is 0 Å². The predicted molar refractivity (Wildman–Crippen MR) is 74.9 cm³/mol. The standard InChI is InChI=1S/C13H14N4O2S/c1-3-11-16-17-10(8(2)15-13(17)20-11)6-14-12(18)9-4-5-19-7-9/h4-5,7H,3,6H2,1-2H3,(H,14,18). The van der Waals surface area contributed by atoms with E-state index >= 15 is 0 Å². The largest absolute Gasteiger partial charge is 0.472 e. The Morgan fingerprint density at radius 1 is 1.55 bits per heavy atom. The van der Waals surface area contributed by atoms with E-state index in [4.69, 9.17) is 4.42 Å². The van der Waals surface area contributed by atoms with Crippen LogP contribution in [0.2, 0.25) is 0 Å². The van der Waals surface area contributed by atoms with Gasteiger partial charge < -0.3 is 9.73 Å². The highest BCUT2D eigenvalue weighted by molar-refractivity contribution is 7.16. The van der Waals surface area contributed by atoms with E-state index in [1.54, 1.807) is 17.4 Å². The van der Waals surface area contributed by atoms with Gasteiger partial charge in [0.1, 0.15) is 11.3 Å². The van der Waals surface area contributed by atoms with Crippen LogP contribution in [-0.2, 0) is 13.0 Å². The molecule has 0 aromatic carbocycles. The van der Waals surface area contributed by atoms with Crippen LogP contribution in [0.25, 0.3) is 4.96 Å². The van der Waals surface area contributed by atoms with Gasteiger partial charge in [-0.3, -0.25) is 4.79 Å². The average Bonchev–Trinajstić information content (AvgIpc) is 3.12. The maximum atomic E-state index is 11.9. The lowest BCUT2D eigenvalue weighted by Crippen LogP contribution is -2.23. The van der Waals surface area contributed by atoms with Crippen LogP contribution in [0.1, 0.15) is 33.7 Å². The molecule has 104 valence electrons. The highest BCUT2D eigenvalue weighted by Crippen LogP contribution is 2.18. The van der Waals surface area contributed by atoms with Crippen molar-refractivity contribution in [2.45, 2.75) is 26.8 Å². The fourth-order valence-corrected chi connectivity index (χ4v) is 2.83. The summed E-state index contributed by atoms with van der Waals surface area (Å²) in [7, 11) is 0. The van der Waals surface area contributed by atoms with Crippen molar-refractivity contribution in [3.05, 3.63) is 40.6 Å². The number of carbonyl (C=O) groups is 1. The number of hydrogen-bond acceptors (Lipinski definition) is 5. The van der Waals surface area contributed by atoms with E-state index in [-0.39, 0.29) is 5.91 Å². The summed E-state index contributed by atoms with van der Waals surface area (Å²) in [4.78, 5) is 17.2. The molecule has 3 heterocycles. The molecule has 0 saturated heterocycles. The summed E-state index contributed by atoms with van der Waals surface area (Å²) in [5, 5.41) is 8.39. The van der Waals surface area contributed by atoms with Gasteiger partial charge in [-0.05, 0) is 19.4 Å². The lowest BCUT2D eigenvalue weighted by atomic mass is 10.3. The van der Waals surface area contributed by atoms with Gasteiger partial charge in [0.2, 0.25) is 4.96 Å². The molecule has 7 heteroatoms. The highest BCUT2D eigenvalue weighted by atomic mass is 32.1. The Hall–Kier alpha value is -2.15. The third-order valence-corrected chi connectivity index (χ3v) is 4.09. The normalized spacial score (nSPS) is 11.1. The van der Waals surface area contributed by atoms with E-state index in [0.717, 1.165) is 27.8 Å². The lowest BCUT2D eigenvalue weighted by Gasteiger charge is -2.03. The van der Waals surface area contributed by atoms with Crippen LogP contribution in [0.3, 0.4) is 0 Å². The van der Waals surface area contributed by atoms with Gasteiger partial charge in [0.25, 0.3) is 5.91 Å². The van der Waals surface area contributed by atoms with Crippen LogP contribution in [0.5, 0.6) is 0 Å². The number of nitrogens with one attached hydrogen (secondary N) is 1.